The third-order valence-electron chi connectivity index (χ3n) is 2.69. The van der Waals surface area contributed by atoms with Crippen molar-refractivity contribution in [2.24, 2.45) is 0 Å². The molecule has 1 nitrogen and oxygen atoms in total. The fraction of sp³-hybridized carbons (Fsp3) is 0.143. The average Bonchev–Trinajstić information content (AvgIpc) is 2.35. The SMILES string of the molecule is Cc1cc(S(=O)c2ccc(Cl)c(C)c2)ccc1Cl. The van der Waals surface area contributed by atoms with Crippen molar-refractivity contribution in [3.63, 3.8) is 0 Å². The molecule has 0 bridgehead atoms. The second kappa shape index (κ2) is 5.43. The van der Waals surface area contributed by atoms with Crippen LogP contribution in [0.5, 0.6) is 0 Å². The van der Waals surface area contributed by atoms with Gasteiger partial charge in [0.05, 0.1) is 10.8 Å². The number of benzene rings is 2. The maximum atomic E-state index is 12.4. The summed E-state index contributed by atoms with van der Waals surface area (Å²) in [5, 5.41) is 1.37. The third kappa shape index (κ3) is 2.77. The van der Waals surface area contributed by atoms with Gasteiger partial charge in [-0.05, 0) is 61.4 Å². The summed E-state index contributed by atoms with van der Waals surface area (Å²) < 4.78 is 12.4. The Kier molecular flexibility index (Phi) is 4.10. The van der Waals surface area contributed by atoms with E-state index in [1.54, 1.807) is 24.3 Å². The lowest BCUT2D eigenvalue weighted by molar-refractivity contribution is 0.683. The van der Waals surface area contributed by atoms with Crippen molar-refractivity contribution in [3.8, 4) is 0 Å². The highest BCUT2D eigenvalue weighted by Crippen LogP contribution is 2.24. The Morgan fingerprint density at radius 2 is 1.22 bits per heavy atom. The quantitative estimate of drug-likeness (QED) is 0.780. The second-order valence-corrected chi connectivity index (χ2v) is 6.39. The minimum Gasteiger partial charge on any atom is -0.249 e. The summed E-state index contributed by atoms with van der Waals surface area (Å²) in [5.41, 5.74) is 1.85. The molecular weight excluding hydrogens is 287 g/mol. The molecule has 0 heterocycles. The summed E-state index contributed by atoms with van der Waals surface area (Å²) in [6.45, 7) is 3.80. The molecule has 0 amide bonds. The van der Waals surface area contributed by atoms with Crippen LogP contribution < -0.4 is 0 Å². The van der Waals surface area contributed by atoms with E-state index < -0.39 is 10.8 Å². The van der Waals surface area contributed by atoms with Gasteiger partial charge in [0.25, 0.3) is 0 Å². The molecule has 0 fully saturated rings. The summed E-state index contributed by atoms with van der Waals surface area (Å²) in [7, 11) is -1.20. The molecule has 94 valence electrons. The van der Waals surface area contributed by atoms with Crippen LogP contribution in [0.25, 0.3) is 0 Å². The Morgan fingerprint density at radius 1 is 0.833 bits per heavy atom. The summed E-state index contributed by atoms with van der Waals surface area (Å²) in [4.78, 5) is 1.50. The van der Waals surface area contributed by atoms with Crippen LogP contribution >= 0.6 is 23.2 Å². The van der Waals surface area contributed by atoms with E-state index in [9.17, 15) is 4.21 Å². The van der Waals surface area contributed by atoms with Gasteiger partial charge in [-0.1, -0.05) is 23.2 Å². The van der Waals surface area contributed by atoms with Crippen molar-refractivity contribution in [1.82, 2.24) is 0 Å². The van der Waals surface area contributed by atoms with Gasteiger partial charge in [0.15, 0.2) is 0 Å². The molecule has 0 radical (unpaired) electrons. The van der Waals surface area contributed by atoms with Crippen LogP contribution in [0.1, 0.15) is 11.1 Å². The van der Waals surface area contributed by atoms with Gasteiger partial charge >= 0.3 is 0 Å². The highest BCUT2D eigenvalue weighted by atomic mass is 35.5. The van der Waals surface area contributed by atoms with Gasteiger partial charge in [-0.25, -0.2) is 4.21 Å². The number of hydrogen-bond donors (Lipinski definition) is 0. The van der Waals surface area contributed by atoms with Crippen LogP contribution in [-0.2, 0) is 10.8 Å². The van der Waals surface area contributed by atoms with E-state index in [2.05, 4.69) is 0 Å². The van der Waals surface area contributed by atoms with Crippen LogP contribution in [0.2, 0.25) is 10.0 Å². The van der Waals surface area contributed by atoms with E-state index in [0.29, 0.717) is 10.0 Å². The Balaban J connectivity index is 2.41. The molecule has 2 aromatic carbocycles. The smallest absolute Gasteiger partial charge is 0.0849 e. The molecule has 18 heavy (non-hydrogen) atoms. The van der Waals surface area contributed by atoms with E-state index in [1.807, 2.05) is 26.0 Å². The van der Waals surface area contributed by atoms with Crippen molar-refractivity contribution in [3.05, 3.63) is 57.6 Å². The van der Waals surface area contributed by atoms with E-state index in [-0.39, 0.29) is 0 Å². The minimum atomic E-state index is -1.20. The van der Waals surface area contributed by atoms with Gasteiger partial charge in [0.2, 0.25) is 0 Å². The molecule has 0 spiro atoms. The maximum Gasteiger partial charge on any atom is 0.0849 e. The van der Waals surface area contributed by atoms with Crippen molar-refractivity contribution in [2.45, 2.75) is 23.6 Å². The molecule has 2 aromatic rings. The highest BCUT2D eigenvalue weighted by molar-refractivity contribution is 7.85. The van der Waals surface area contributed by atoms with Crippen LogP contribution in [0.3, 0.4) is 0 Å². The number of halogens is 2. The zero-order valence-electron chi connectivity index (χ0n) is 10.0. The van der Waals surface area contributed by atoms with E-state index >= 15 is 0 Å². The Morgan fingerprint density at radius 3 is 1.56 bits per heavy atom. The molecule has 0 aliphatic rings. The molecule has 0 saturated heterocycles. The normalized spacial score (nSPS) is 10.9. The second-order valence-electron chi connectivity index (χ2n) is 4.09. The summed E-state index contributed by atoms with van der Waals surface area (Å²) in [6, 6.07) is 10.8. The molecular formula is C14H12Cl2OS. The van der Waals surface area contributed by atoms with Gasteiger partial charge in [0, 0.05) is 19.8 Å². The van der Waals surface area contributed by atoms with Gasteiger partial charge in [-0.3, -0.25) is 0 Å². The average molecular weight is 299 g/mol. The monoisotopic (exact) mass is 298 g/mol. The predicted octanol–water partition coefficient (Wildman–Crippen LogP) is 4.78. The van der Waals surface area contributed by atoms with E-state index in [4.69, 9.17) is 23.2 Å². The summed E-state index contributed by atoms with van der Waals surface area (Å²) >= 11 is 11.9. The van der Waals surface area contributed by atoms with Gasteiger partial charge in [-0.15, -0.1) is 0 Å². The number of rotatable bonds is 2. The summed E-state index contributed by atoms with van der Waals surface area (Å²) in [5.74, 6) is 0. The molecule has 2 rings (SSSR count). The molecule has 0 aromatic heterocycles. The maximum absolute atomic E-state index is 12.4. The van der Waals surface area contributed by atoms with Crippen molar-refractivity contribution < 1.29 is 4.21 Å². The Labute approximate surface area is 119 Å². The Hall–Kier alpha value is -0.830. The van der Waals surface area contributed by atoms with Gasteiger partial charge in [0.1, 0.15) is 0 Å². The van der Waals surface area contributed by atoms with Crippen molar-refractivity contribution in [2.75, 3.05) is 0 Å². The fourth-order valence-corrected chi connectivity index (χ4v) is 3.06. The zero-order chi connectivity index (χ0) is 13.3. The summed E-state index contributed by atoms with van der Waals surface area (Å²) in [6.07, 6.45) is 0. The van der Waals surface area contributed by atoms with Crippen molar-refractivity contribution >= 4 is 34.0 Å². The fourth-order valence-electron chi connectivity index (χ4n) is 1.60. The minimum absolute atomic E-state index is 0.683. The van der Waals surface area contributed by atoms with Gasteiger partial charge < -0.3 is 0 Å². The first-order valence-corrected chi connectivity index (χ1v) is 7.33. The van der Waals surface area contributed by atoms with Crippen LogP contribution in [-0.4, -0.2) is 4.21 Å². The number of hydrogen-bond acceptors (Lipinski definition) is 1. The molecule has 0 unspecified atom stereocenters. The van der Waals surface area contributed by atoms with Crippen LogP contribution in [0.15, 0.2) is 46.2 Å². The van der Waals surface area contributed by atoms with Crippen molar-refractivity contribution in [1.29, 1.82) is 0 Å². The lowest BCUT2D eigenvalue weighted by atomic mass is 10.2. The van der Waals surface area contributed by atoms with Crippen LogP contribution in [0.4, 0.5) is 0 Å². The lowest BCUT2D eigenvalue weighted by Gasteiger charge is -2.06. The third-order valence-corrected chi connectivity index (χ3v) is 4.90. The first-order chi connectivity index (χ1) is 8.49. The lowest BCUT2D eigenvalue weighted by Crippen LogP contribution is -1.94. The molecule has 0 aliphatic carbocycles. The molecule has 0 aliphatic heterocycles. The van der Waals surface area contributed by atoms with E-state index in [0.717, 1.165) is 20.9 Å². The molecule has 0 N–H and O–H groups in total. The Bertz CT molecular complexity index is 570. The largest absolute Gasteiger partial charge is 0.249 e. The van der Waals surface area contributed by atoms with Crippen LogP contribution in [0, 0.1) is 13.8 Å². The zero-order valence-corrected chi connectivity index (χ0v) is 12.4. The predicted molar refractivity (Wildman–Crippen MR) is 77.1 cm³/mol. The molecule has 4 heteroatoms. The standard InChI is InChI=1S/C14H12Cl2OS/c1-9-7-11(3-5-13(9)15)18(17)12-4-6-14(16)10(2)8-12/h3-8H,1-2H3. The highest BCUT2D eigenvalue weighted by Gasteiger charge is 2.09. The number of aryl methyl sites for hydroxylation is 2. The topological polar surface area (TPSA) is 17.1 Å². The van der Waals surface area contributed by atoms with Gasteiger partial charge in [-0.2, -0.15) is 0 Å². The molecule has 0 atom stereocenters. The first kappa shape index (κ1) is 13.6. The first-order valence-electron chi connectivity index (χ1n) is 5.43. The molecule has 0 saturated carbocycles. The van der Waals surface area contributed by atoms with E-state index in [1.165, 1.54) is 0 Å².